The van der Waals surface area contributed by atoms with Gasteiger partial charge in [0.15, 0.2) is 5.69 Å². The van der Waals surface area contributed by atoms with Gasteiger partial charge < -0.3 is 11.1 Å². The number of carbonyl (C=O) groups is 1. The molecule has 1 rings (SSSR count). The van der Waals surface area contributed by atoms with E-state index >= 15 is 0 Å². The molecule has 0 atom stereocenters. The van der Waals surface area contributed by atoms with Crippen LogP contribution in [0, 0.1) is 11.3 Å². The molecule has 0 saturated carbocycles. The SMILES string of the molecule is N#CCCCCNC(=O)c1cn(CCN)nn1. The fraction of sp³-hybridized carbons (Fsp3) is 0.600. The van der Waals surface area contributed by atoms with Crippen LogP contribution in [0.1, 0.15) is 29.8 Å². The molecule has 0 spiro atoms. The number of hydrogen-bond donors (Lipinski definition) is 2. The third-order valence-electron chi connectivity index (χ3n) is 2.13. The minimum atomic E-state index is -0.245. The molecular formula is C10H16N6O. The van der Waals surface area contributed by atoms with Gasteiger partial charge in [0, 0.05) is 19.5 Å². The number of aromatic nitrogens is 3. The molecule has 1 aromatic heterocycles. The Kier molecular flexibility index (Phi) is 5.68. The van der Waals surface area contributed by atoms with E-state index in [4.69, 9.17) is 11.0 Å². The van der Waals surface area contributed by atoms with E-state index in [-0.39, 0.29) is 5.91 Å². The summed E-state index contributed by atoms with van der Waals surface area (Å²) in [4.78, 5) is 11.6. The van der Waals surface area contributed by atoms with Crippen LogP contribution >= 0.6 is 0 Å². The highest BCUT2D eigenvalue weighted by Gasteiger charge is 2.09. The van der Waals surface area contributed by atoms with Crippen molar-refractivity contribution in [1.29, 1.82) is 5.26 Å². The zero-order chi connectivity index (χ0) is 12.5. The zero-order valence-corrected chi connectivity index (χ0v) is 9.59. The van der Waals surface area contributed by atoms with Gasteiger partial charge in [0.05, 0.1) is 18.8 Å². The molecule has 0 saturated heterocycles. The molecular weight excluding hydrogens is 220 g/mol. The predicted octanol–water partition coefficient (Wildman–Crippen LogP) is -0.340. The minimum Gasteiger partial charge on any atom is -0.351 e. The van der Waals surface area contributed by atoms with Gasteiger partial charge in [0.25, 0.3) is 5.91 Å². The average molecular weight is 236 g/mol. The number of unbranched alkanes of at least 4 members (excludes halogenated alkanes) is 2. The number of nitriles is 1. The monoisotopic (exact) mass is 236 g/mol. The first kappa shape index (κ1) is 13.1. The van der Waals surface area contributed by atoms with Gasteiger partial charge in [0.1, 0.15) is 0 Å². The molecule has 0 radical (unpaired) electrons. The Morgan fingerprint density at radius 1 is 1.59 bits per heavy atom. The van der Waals surface area contributed by atoms with Crippen LogP contribution in [0.4, 0.5) is 0 Å². The van der Waals surface area contributed by atoms with E-state index < -0.39 is 0 Å². The van der Waals surface area contributed by atoms with Gasteiger partial charge >= 0.3 is 0 Å². The third-order valence-corrected chi connectivity index (χ3v) is 2.13. The summed E-state index contributed by atoms with van der Waals surface area (Å²) in [6, 6.07) is 2.05. The maximum atomic E-state index is 11.6. The molecule has 1 heterocycles. The Balaban J connectivity index is 2.29. The second-order valence-corrected chi connectivity index (χ2v) is 3.53. The summed E-state index contributed by atoms with van der Waals surface area (Å²) >= 11 is 0. The van der Waals surface area contributed by atoms with Crippen molar-refractivity contribution in [3.8, 4) is 6.07 Å². The fourth-order valence-corrected chi connectivity index (χ4v) is 1.27. The molecule has 7 nitrogen and oxygen atoms in total. The quantitative estimate of drug-likeness (QED) is 0.629. The van der Waals surface area contributed by atoms with E-state index in [2.05, 4.69) is 21.7 Å². The first-order valence-corrected chi connectivity index (χ1v) is 5.53. The summed E-state index contributed by atoms with van der Waals surface area (Å²) in [5, 5.41) is 18.6. The standard InChI is InChI=1S/C10H16N6O/c11-4-2-1-3-6-13-10(17)9-8-16(7-5-12)15-14-9/h8H,1-3,5-7,12H2,(H,13,17). The van der Waals surface area contributed by atoms with Crippen LogP contribution in [0.25, 0.3) is 0 Å². The second-order valence-electron chi connectivity index (χ2n) is 3.53. The molecule has 7 heteroatoms. The minimum absolute atomic E-state index is 0.245. The summed E-state index contributed by atoms with van der Waals surface area (Å²) in [6.45, 7) is 1.55. The third kappa shape index (κ3) is 4.61. The Bertz CT molecular complexity index is 394. The van der Waals surface area contributed by atoms with Crippen molar-refractivity contribution in [2.24, 2.45) is 5.73 Å². The van der Waals surface area contributed by atoms with Gasteiger partial charge in [-0.3, -0.25) is 9.48 Å². The van der Waals surface area contributed by atoms with Crippen LogP contribution in [0.3, 0.4) is 0 Å². The van der Waals surface area contributed by atoms with Crippen molar-refractivity contribution in [3.63, 3.8) is 0 Å². The van der Waals surface area contributed by atoms with Crippen molar-refractivity contribution in [3.05, 3.63) is 11.9 Å². The van der Waals surface area contributed by atoms with Crippen LogP contribution in [0.15, 0.2) is 6.20 Å². The van der Waals surface area contributed by atoms with Crippen LogP contribution in [0.2, 0.25) is 0 Å². The number of hydrogen-bond acceptors (Lipinski definition) is 5. The highest BCUT2D eigenvalue weighted by Crippen LogP contribution is 1.95. The molecule has 92 valence electrons. The van der Waals surface area contributed by atoms with Gasteiger partial charge in [-0.1, -0.05) is 5.21 Å². The average Bonchev–Trinajstić information content (AvgIpc) is 2.78. The van der Waals surface area contributed by atoms with Gasteiger partial charge in [-0.15, -0.1) is 5.10 Å². The lowest BCUT2D eigenvalue weighted by molar-refractivity contribution is 0.0948. The number of nitrogens with two attached hydrogens (primary N) is 1. The molecule has 0 aliphatic heterocycles. The van der Waals surface area contributed by atoms with E-state index in [9.17, 15) is 4.79 Å². The maximum absolute atomic E-state index is 11.6. The maximum Gasteiger partial charge on any atom is 0.273 e. The normalized spacial score (nSPS) is 9.88. The number of carbonyl (C=O) groups excluding carboxylic acids is 1. The number of nitrogens with zero attached hydrogens (tertiary/aromatic N) is 4. The summed E-state index contributed by atoms with van der Waals surface area (Å²) in [7, 11) is 0. The molecule has 1 amide bonds. The first-order chi connectivity index (χ1) is 8.27. The van der Waals surface area contributed by atoms with Gasteiger partial charge in [0.2, 0.25) is 0 Å². The molecule has 0 aliphatic rings. The smallest absolute Gasteiger partial charge is 0.273 e. The molecule has 1 aromatic rings. The lowest BCUT2D eigenvalue weighted by Gasteiger charge is -2.00. The molecule has 0 fully saturated rings. The number of rotatable bonds is 7. The van der Waals surface area contributed by atoms with E-state index in [0.29, 0.717) is 31.7 Å². The second kappa shape index (κ2) is 7.35. The summed E-state index contributed by atoms with van der Waals surface area (Å²) in [5.41, 5.74) is 5.65. The Hall–Kier alpha value is -1.94. The van der Waals surface area contributed by atoms with Crippen LogP contribution in [-0.4, -0.2) is 34.0 Å². The van der Waals surface area contributed by atoms with Crippen LogP contribution in [-0.2, 0) is 6.54 Å². The Morgan fingerprint density at radius 2 is 2.41 bits per heavy atom. The number of amides is 1. The van der Waals surface area contributed by atoms with E-state index in [1.165, 1.54) is 4.68 Å². The lowest BCUT2D eigenvalue weighted by atomic mass is 10.2. The molecule has 0 aromatic carbocycles. The van der Waals surface area contributed by atoms with Gasteiger partial charge in [-0.25, -0.2) is 0 Å². The predicted molar refractivity (Wildman–Crippen MR) is 60.9 cm³/mol. The summed E-state index contributed by atoms with van der Waals surface area (Å²) in [6.07, 6.45) is 3.66. The molecule has 0 aliphatic carbocycles. The van der Waals surface area contributed by atoms with Gasteiger partial charge in [-0.2, -0.15) is 5.26 Å². The van der Waals surface area contributed by atoms with Crippen molar-refractivity contribution in [2.75, 3.05) is 13.1 Å². The highest BCUT2D eigenvalue weighted by atomic mass is 16.2. The van der Waals surface area contributed by atoms with Gasteiger partial charge in [-0.05, 0) is 12.8 Å². The lowest BCUT2D eigenvalue weighted by Crippen LogP contribution is -2.24. The summed E-state index contributed by atoms with van der Waals surface area (Å²) in [5.74, 6) is -0.245. The first-order valence-electron chi connectivity index (χ1n) is 5.53. The van der Waals surface area contributed by atoms with Crippen LogP contribution < -0.4 is 11.1 Å². The fourth-order valence-electron chi connectivity index (χ4n) is 1.27. The van der Waals surface area contributed by atoms with E-state index in [1.54, 1.807) is 6.20 Å². The molecule has 0 unspecified atom stereocenters. The molecule has 3 N–H and O–H groups in total. The van der Waals surface area contributed by atoms with Crippen LogP contribution in [0.5, 0.6) is 0 Å². The van der Waals surface area contributed by atoms with Crippen molar-refractivity contribution < 1.29 is 4.79 Å². The Labute approximate surface area is 99.6 Å². The zero-order valence-electron chi connectivity index (χ0n) is 9.59. The molecule has 17 heavy (non-hydrogen) atoms. The Morgan fingerprint density at radius 3 is 3.12 bits per heavy atom. The summed E-state index contributed by atoms with van der Waals surface area (Å²) < 4.78 is 1.53. The van der Waals surface area contributed by atoms with E-state index in [0.717, 1.165) is 12.8 Å². The number of nitrogens with one attached hydrogen (secondary N) is 1. The topological polar surface area (TPSA) is 110 Å². The van der Waals surface area contributed by atoms with Crippen molar-refractivity contribution >= 4 is 5.91 Å². The molecule has 0 bridgehead atoms. The van der Waals surface area contributed by atoms with Crippen molar-refractivity contribution in [2.45, 2.75) is 25.8 Å². The van der Waals surface area contributed by atoms with E-state index in [1.807, 2.05) is 0 Å². The van der Waals surface area contributed by atoms with Crippen molar-refractivity contribution in [1.82, 2.24) is 20.3 Å². The highest BCUT2D eigenvalue weighted by molar-refractivity contribution is 5.91. The largest absolute Gasteiger partial charge is 0.351 e.